The number of phenols is 1. The molecule has 1 aliphatic carbocycles. The Morgan fingerprint density at radius 1 is 1.10 bits per heavy atom. The molecule has 1 saturated carbocycles. The van der Waals surface area contributed by atoms with Crippen molar-refractivity contribution in [2.45, 2.75) is 44.8 Å². The molecule has 1 aromatic carbocycles. The topological polar surface area (TPSA) is 53.3 Å². The molecule has 0 spiro atoms. The van der Waals surface area contributed by atoms with Crippen LogP contribution in [0.25, 0.3) is 0 Å². The van der Waals surface area contributed by atoms with Crippen LogP contribution in [0.4, 0.5) is 5.69 Å². The number of pyridine rings is 1. The fraction of sp³-hybridized carbons (Fsp3) is 0.304. The van der Waals surface area contributed by atoms with Gasteiger partial charge in [0.1, 0.15) is 5.75 Å². The second-order valence-corrected chi connectivity index (χ2v) is 8.33. The molecule has 2 aliphatic rings. The van der Waals surface area contributed by atoms with Gasteiger partial charge in [0.05, 0.1) is 17.8 Å². The Hall–Kier alpha value is -2.86. The van der Waals surface area contributed by atoms with Crippen molar-refractivity contribution >= 4 is 23.0 Å². The first-order valence-corrected chi connectivity index (χ1v) is 10.4. The van der Waals surface area contributed by atoms with Crippen molar-refractivity contribution in [3.05, 3.63) is 77.4 Å². The maximum Gasteiger partial charge on any atom is 0.174 e. The number of nitrogens with one attached hydrogen (secondary N) is 1. The first kappa shape index (κ1) is 18.2. The van der Waals surface area contributed by atoms with Crippen LogP contribution in [0.2, 0.25) is 0 Å². The van der Waals surface area contributed by atoms with Crippen molar-refractivity contribution in [3.8, 4) is 5.75 Å². The highest BCUT2D eigenvalue weighted by atomic mass is 32.1. The molecule has 2 fully saturated rings. The second-order valence-electron chi connectivity index (χ2n) is 7.94. The van der Waals surface area contributed by atoms with E-state index in [9.17, 15) is 5.11 Å². The first-order chi connectivity index (χ1) is 14.0. The third kappa shape index (κ3) is 3.08. The van der Waals surface area contributed by atoms with E-state index in [4.69, 9.17) is 12.2 Å². The molecule has 0 unspecified atom stereocenters. The standard InChI is InChI=1S/C23H24N4OS/c1-14-13-19(15(2)26(14)16-6-7-16)22-21(20-5-3-4-12-24-20)25-23(29)27(22)17-8-10-18(28)11-9-17/h3-5,8-13,16,21-22,28H,6-7H2,1-2H3,(H,25,29)/t21-,22-/m1/s1. The molecule has 0 radical (unpaired) electrons. The lowest BCUT2D eigenvalue weighted by Gasteiger charge is -2.28. The van der Waals surface area contributed by atoms with Crippen molar-refractivity contribution in [3.63, 3.8) is 0 Å². The minimum Gasteiger partial charge on any atom is -0.508 e. The lowest BCUT2D eigenvalue weighted by molar-refractivity contribution is 0.475. The summed E-state index contributed by atoms with van der Waals surface area (Å²) >= 11 is 5.77. The van der Waals surface area contributed by atoms with Gasteiger partial charge < -0.3 is 19.9 Å². The van der Waals surface area contributed by atoms with E-state index < -0.39 is 0 Å². The molecule has 2 N–H and O–H groups in total. The Balaban J connectivity index is 1.66. The largest absolute Gasteiger partial charge is 0.508 e. The van der Waals surface area contributed by atoms with Crippen molar-refractivity contribution in [2.24, 2.45) is 0 Å². The number of aryl methyl sites for hydroxylation is 1. The number of hydrogen-bond acceptors (Lipinski definition) is 3. The van der Waals surface area contributed by atoms with Crippen LogP contribution in [-0.2, 0) is 0 Å². The van der Waals surface area contributed by atoms with E-state index in [1.807, 2.05) is 36.5 Å². The number of anilines is 1. The molecular formula is C23H24N4OS. The van der Waals surface area contributed by atoms with Crippen LogP contribution >= 0.6 is 12.2 Å². The highest BCUT2D eigenvalue weighted by Crippen LogP contribution is 2.46. The van der Waals surface area contributed by atoms with Crippen molar-refractivity contribution in [1.82, 2.24) is 14.9 Å². The van der Waals surface area contributed by atoms with Gasteiger partial charge in [-0.25, -0.2) is 0 Å². The molecule has 3 aromatic rings. The molecule has 2 aromatic heterocycles. The average Bonchev–Trinajstić information content (AvgIpc) is 3.43. The monoisotopic (exact) mass is 404 g/mol. The molecule has 2 atom stereocenters. The Kier molecular flexibility index (Phi) is 4.32. The number of nitrogens with zero attached hydrogens (tertiary/aromatic N) is 3. The molecule has 0 bridgehead atoms. The van der Waals surface area contributed by atoms with Crippen LogP contribution in [-0.4, -0.2) is 19.8 Å². The Morgan fingerprint density at radius 2 is 1.86 bits per heavy atom. The fourth-order valence-electron chi connectivity index (χ4n) is 4.56. The summed E-state index contributed by atoms with van der Waals surface area (Å²) in [5.74, 6) is 0.247. The van der Waals surface area contributed by atoms with Gasteiger partial charge in [0.25, 0.3) is 0 Å². The quantitative estimate of drug-likeness (QED) is 0.617. The van der Waals surface area contributed by atoms with Gasteiger partial charge in [-0.1, -0.05) is 6.07 Å². The summed E-state index contributed by atoms with van der Waals surface area (Å²) in [6.07, 6.45) is 4.33. The van der Waals surface area contributed by atoms with E-state index in [2.05, 4.69) is 39.7 Å². The Bertz CT molecular complexity index is 1060. The highest BCUT2D eigenvalue weighted by molar-refractivity contribution is 7.80. The Morgan fingerprint density at radius 3 is 2.52 bits per heavy atom. The van der Waals surface area contributed by atoms with Crippen LogP contribution in [0.3, 0.4) is 0 Å². The second kappa shape index (κ2) is 6.88. The predicted molar refractivity (Wildman–Crippen MR) is 118 cm³/mol. The molecule has 5 nitrogen and oxygen atoms in total. The number of hydrogen-bond donors (Lipinski definition) is 2. The minimum absolute atomic E-state index is 0.0133. The molecule has 1 saturated heterocycles. The van der Waals surface area contributed by atoms with Crippen LogP contribution in [0.15, 0.2) is 54.7 Å². The van der Waals surface area contributed by atoms with Crippen LogP contribution in [0.5, 0.6) is 5.75 Å². The number of aromatic nitrogens is 2. The zero-order chi connectivity index (χ0) is 20.1. The molecule has 0 amide bonds. The van der Waals surface area contributed by atoms with Gasteiger partial charge in [-0.05, 0) is 86.9 Å². The summed E-state index contributed by atoms with van der Waals surface area (Å²) in [5.41, 5.74) is 5.79. The van der Waals surface area contributed by atoms with Gasteiger partial charge >= 0.3 is 0 Å². The van der Waals surface area contributed by atoms with Gasteiger partial charge in [0.2, 0.25) is 0 Å². The number of rotatable bonds is 4. The Labute approximate surface area is 176 Å². The lowest BCUT2D eigenvalue weighted by atomic mass is 9.96. The summed E-state index contributed by atoms with van der Waals surface area (Å²) in [4.78, 5) is 6.78. The zero-order valence-corrected chi connectivity index (χ0v) is 17.4. The molecule has 6 heteroatoms. The first-order valence-electron chi connectivity index (χ1n) is 10.0. The number of benzene rings is 1. The summed E-state index contributed by atoms with van der Waals surface area (Å²) in [7, 11) is 0. The molecule has 1 aliphatic heterocycles. The number of phenolic OH excluding ortho intramolecular Hbond substituents is 1. The molecule has 3 heterocycles. The SMILES string of the molecule is Cc1cc([C@@H]2[C@@H](c3ccccn3)NC(=S)N2c2ccc(O)cc2)c(C)n1C1CC1. The van der Waals surface area contributed by atoms with Crippen LogP contribution in [0, 0.1) is 13.8 Å². The van der Waals surface area contributed by atoms with E-state index >= 15 is 0 Å². The summed E-state index contributed by atoms with van der Waals surface area (Å²) in [6, 6.07) is 16.1. The highest BCUT2D eigenvalue weighted by Gasteiger charge is 2.42. The van der Waals surface area contributed by atoms with E-state index in [1.54, 1.807) is 12.1 Å². The predicted octanol–water partition coefficient (Wildman–Crippen LogP) is 4.72. The van der Waals surface area contributed by atoms with Crippen LogP contribution in [0.1, 0.15) is 53.6 Å². The summed E-state index contributed by atoms with van der Waals surface area (Å²) in [6.45, 7) is 4.41. The molecule has 29 heavy (non-hydrogen) atoms. The van der Waals surface area contributed by atoms with Gasteiger partial charge in [-0.15, -0.1) is 0 Å². The summed E-state index contributed by atoms with van der Waals surface area (Å²) < 4.78 is 2.47. The number of aromatic hydroxyl groups is 1. The average molecular weight is 405 g/mol. The minimum atomic E-state index is -0.0503. The zero-order valence-electron chi connectivity index (χ0n) is 16.5. The molecule has 148 valence electrons. The third-order valence-electron chi connectivity index (χ3n) is 5.98. The molecule has 5 rings (SSSR count). The number of thiocarbonyl (C=S) groups is 1. The normalized spacial score (nSPS) is 21.4. The van der Waals surface area contributed by atoms with Gasteiger partial charge in [-0.3, -0.25) is 4.98 Å². The van der Waals surface area contributed by atoms with Crippen molar-refractivity contribution in [1.29, 1.82) is 0 Å². The summed E-state index contributed by atoms with van der Waals surface area (Å²) in [5, 5.41) is 13.9. The smallest absolute Gasteiger partial charge is 0.174 e. The van der Waals surface area contributed by atoms with Gasteiger partial charge in [0, 0.05) is 29.3 Å². The van der Waals surface area contributed by atoms with E-state index in [1.165, 1.54) is 29.8 Å². The third-order valence-corrected chi connectivity index (χ3v) is 6.29. The lowest BCUT2D eigenvalue weighted by Crippen LogP contribution is -2.29. The van der Waals surface area contributed by atoms with Crippen molar-refractivity contribution < 1.29 is 5.11 Å². The van der Waals surface area contributed by atoms with Gasteiger partial charge in [-0.2, -0.15) is 0 Å². The maximum absolute atomic E-state index is 9.75. The van der Waals surface area contributed by atoms with E-state index in [-0.39, 0.29) is 17.8 Å². The van der Waals surface area contributed by atoms with Gasteiger partial charge in [0.15, 0.2) is 5.11 Å². The van der Waals surface area contributed by atoms with E-state index in [0.29, 0.717) is 11.2 Å². The molecular weight excluding hydrogens is 380 g/mol. The fourth-order valence-corrected chi connectivity index (χ4v) is 4.90. The van der Waals surface area contributed by atoms with E-state index in [0.717, 1.165) is 11.4 Å². The van der Waals surface area contributed by atoms with Crippen molar-refractivity contribution in [2.75, 3.05) is 4.90 Å². The van der Waals surface area contributed by atoms with Crippen LogP contribution < -0.4 is 10.2 Å². The maximum atomic E-state index is 9.75.